The number of nitrogens with zero attached hydrogens (tertiary/aromatic N) is 1. The zero-order valence-electron chi connectivity index (χ0n) is 11.0. The molecule has 0 spiro atoms. The smallest absolute Gasteiger partial charge is 0.266 e. The van der Waals surface area contributed by atoms with Crippen molar-refractivity contribution < 1.29 is 17.5 Å². The second kappa shape index (κ2) is 4.92. The molecule has 1 heterocycles. The number of hydrogen-bond acceptors (Lipinski definition) is 4. The fourth-order valence-electron chi connectivity index (χ4n) is 2.24. The molecule has 0 amide bonds. The maximum absolute atomic E-state index is 13.4. The molecular formula is C14H13FN2O3S. The van der Waals surface area contributed by atoms with E-state index in [1.165, 1.54) is 10.4 Å². The quantitative estimate of drug-likeness (QED) is 0.861. The molecule has 0 atom stereocenters. The number of nitrogen functional groups attached to an aromatic ring is 1. The minimum absolute atomic E-state index is 0.0142. The molecule has 2 N–H and O–H groups in total. The van der Waals surface area contributed by atoms with Crippen LogP contribution in [-0.4, -0.2) is 21.6 Å². The molecule has 0 saturated carbocycles. The third-order valence-electron chi connectivity index (χ3n) is 3.23. The van der Waals surface area contributed by atoms with Crippen molar-refractivity contribution in [3.8, 4) is 5.75 Å². The molecule has 0 bridgehead atoms. The third-order valence-corrected chi connectivity index (χ3v) is 5.10. The van der Waals surface area contributed by atoms with Crippen LogP contribution < -0.4 is 14.8 Å². The van der Waals surface area contributed by atoms with E-state index in [0.29, 0.717) is 11.4 Å². The minimum Gasteiger partial charge on any atom is -0.489 e. The molecule has 0 saturated heterocycles. The zero-order chi connectivity index (χ0) is 15.0. The maximum Gasteiger partial charge on any atom is 0.266 e. The number of sulfonamides is 1. The van der Waals surface area contributed by atoms with E-state index in [1.54, 1.807) is 24.3 Å². The molecule has 0 aromatic heterocycles. The van der Waals surface area contributed by atoms with Crippen LogP contribution in [0.25, 0.3) is 0 Å². The van der Waals surface area contributed by atoms with Crippen LogP contribution in [-0.2, 0) is 10.0 Å². The summed E-state index contributed by atoms with van der Waals surface area (Å²) in [6.45, 7) is 0.376. The Labute approximate surface area is 121 Å². The summed E-state index contributed by atoms with van der Waals surface area (Å²) in [5.41, 5.74) is 6.14. The van der Waals surface area contributed by atoms with Gasteiger partial charge in [0.2, 0.25) is 0 Å². The summed E-state index contributed by atoms with van der Waals surface area (Å²) in [7, 11) is -3.94. The number of ether oxygens (including phenoxy) is 1. The Morgan fingerprint density at radius 2 is 1.95 bits per heavy atom. The van der Waals surface area contributed by atoms with Crippen molar-refractivity contribution in [2.75, 3.05) is 23.2 Å². The highest BCUT2D eigenvalue weighted by Crippen LogP contribution is 2.36. The van der Waals surface area contributed by atoms with Crippen molar-refractivity contribution in [1.82, 2.24) is 0 Å². The van der Waals surface area contributed by atoms with Gasteiger partial charge in [-0.3, -0.25) is 4.31 Å². The number of para-hydroxylation sites is 2. The van der Waals surface area contributed by atoms with Crippen molar-refractivity contribution >= 4 is 21.4 Å². The SMILES string of the molecule is Nc1ccc(F)cc1S(=O)(=O)N1CCOc2ccccc21. The highest BCUT2D eigenvalue weighted by Gasteiger charge is 2.31. The van der Waals surface area contributed by atoms with Crippen LogP contribution in [0.5, 0.6) is 5.75 Å². The van der Waals surface area contributed by atoms with Gasteiger partial charge in [-0.2, -0.15) is 0 Å². The topological polar surface area (TPSA) is 72.6 Å². The lowest BCUT2D eigenvalue weighted by atomic mass is 10.2. The Balaban J connectivity index is 2.14. The van der Waals surface area contributed by atoms with Gasteiger partial charge in [0.15, 0.2) is 0 Å². The lowest BCUT2D eigenvalue weighted by molar-refractivity contribution is 0.316. The highest BCUT2D eigenvalue weighted by atomic mass is 32.2. The second-order valence-corrected chi connectivity index (χ2v) is 6.41. The highest BCUT2D eigenvalue weighted by molar-refractivity contribution is 7.93. The Bertz CT molecular complexity index is 793. The summed E-state index contributed by atoms with van der Waals surface area (Å²) >= 11 is 0. The molecule has 0 fully saturated rings. The lowest BCUT2D eigenvalue weighted by Gasteiger charge is -2.30. The van der Waals surface area contributed by atoms with Crippen molar-refractivity contribution in [1.29, 1.82) is 0 Å². The maximum atomic E-state index is 13.4. The Morgan fingerprint density at radius 3 is 2.76 bits per heavy atom. The van der Waals surface area contributed by atoms with E-state index < -0.39 is 15.8 Å². The number of anilines is 2. The molecule has 110 valence electrons. The molecule has 0 aliphatic carbocycles. The van der Waals surface area contributed by atoms with Gasteiger partial charge in [0, 0.05) is 0 Å². The standard InChI is InChI=1S/C14H13FN2O3S/c15-10-5-6-11(16)14(9-10)21(18,19)17-7-8-20-13-4-2-1-3-12(13)17/h1-6,9H,7-8,16H2. The summed E-state index contributed by atoms with van der Waals surface area (Å²) < 4.78 is 45.5. The molecule has 2 aromatic rings. The molecular weight excluding hydrogens is 295 g/mol. The fourth-order valence-corrected chi connectivity index (χ4v) is 3.83. The van der Waals surface area contributed by atoms with Gasteiger partial charge in [-0.15, -0.1) is 0 Å². The summed E-state index contributed by atoms with van der Waals surface area (Å²) in [6.07, 6.45) is 0. The van der Waals surface area contributed by atoms with Gasteiger partial charge in [-0.05, 0) is 30.3 Å². The van der Waals surface area contributed by atoms with Gasteiger partial charge in [0.05, 0.1) is 17.9 Å². The van der Waals surface area contributed by atoms with Crippen molar-refractivity contribution in [3.63, 3.8) is 0 Å². The van der Waals surface area contributed by atoms with E-state index in [0.717, 1.165) is 12.1 Å². The van der Waals surface area contributed by atoms with Crippen LogP contribution >= 0.6 is 0 Å². The molecule has 21 heavy (non-hydrogen) atoms. The van der Waals surface area contributed by atoms with E-state index in [1.807, 2.05) is 0 Å². The first kappa shape index (κ1) is 13.7. The minimum atomic E-state index is -3.94. The second-order valence-electron chi connectivity index (χ2n) is 4.58. The van der Waals surface area contributed by atoms with Gasteiger partial charge in [-0.25, -0.2) is 12.8 Å². The van der Waals surface area contributed by atoms with Gasteiger partial charge in [0.1, 0.15) is 23.1 Å². The average Bonchev–Trinajstić information content (AvgIpc) is 2.49. The van der Waals surface area contributed by atoms with E-state index in [-0.39, 0.29) is 23.7 Å². The number of rotatable bonds is 2. The van der Waals surface area contributed by atoms with Crippen LogP contribution in [0.3, 0.4) is 0 Å². The molecule has 0 radical (unpaired) electrons. The number of halogens is 1. The van der Waals surface area contributed by atoms with Crippen molar-refractivity contribution in [2.45, 2.75) is 4.90 Å². The lowest BCUT2D eigenvalue weighted by Crippen LogP contribution is -2.38. The summed E-state index contributed by atoms with van der Waals surface area (Å²) in [5.74, 6) is -0.174. The first-order valence-electron chi connectivity index (χ1n) is 6.30. The fraction of sp³-hybridized carbons (Fsp3) is 0.143. The molecule has 3 rings (SSSR count). The number of hydrogen-bond donors (Lipinski definition) is 1. The average molecular weight is 308 g/mol. The number of benzene rings is 2. The zero-order valence-corrected chi connectivity index (χ0v) is 11.8. The van der Waals surface area contributed by atoms with E-state index in [4.69, 9.17) is 10.5 Å². The van der Waals surface area contributed by atoms with Gasteiger partial charge in [-0.1, -0.05) is 12.1 Å². The van der Waals surface area contributed by atoms with E-state index in [9.17, 15) is 12.8 Å². The first-order chi connectivity index (χ1) is 10.00. The third kappa shape index (κ3) is 2.29. The Hall–Kier alpha value is -2.28. The Morgan fingerprint density at radius 1 is 1.19 bits per heavy atom. The van der Waals surface area contributed by atoms with Crippen LogP contribution in [0.4, 0.5) is 15.8 Å². The molecule has 5 nitrogen and oxygen atoms in total. The first-order valence-corrected chi connectivity index (χ1v) is 7.74. The predicted octanol–water partition coefficient (Wildman–Crippen LogP) is 2.00. The molecule has 1 aliphatic rings. The monoisotopic (exact) mass is 308 g/mol. The van der Waals surface area contributed by atoms with Crippen molar-refractivity contribution in [3.05, 3.63) is 48.3 Å². The number of nitrogens with two attached hydrogens (primary N) is 1. The van der Waals surface area contributed by atoms with E-state index in [2.05, 4.69) is 0 Å². The molecule has 1 aliphatic heterocycles. The van der Waals surface area contributed by atoms with Crippen LogP contribution in [0.15, 0.2) is 47.4 Å². The molecule has 2 aromatic carbocycles. The van der Waals surface area contributed by atoms with E-state index >= 15 is 0 Å². The predicted molar refractivity (Wildman–Crippen MR) is 77.3 cm³/mol. The van der Waals surface area contributed by atoms with Crippen LogP contribution in [0.2, 0.25) is 0 Å². The largest absolute Gasteiger partial charge is 0.489 e. The summed E-state index contributed by atoms with van der Waals surface area (Å²) in [5, 5.41) is 0. The molecule has 0 unspecified atom stereocenters. The van der Waals surface area contributed by atoms with Gasteiger partial charge in [0.25, 0.3) is 10.0 Å². The summed E-state index contributed by atoms with van der Waals surface area (Å²) in [4.78, 5) is -0.237. The van der Waals surface area contributed by atoms with Crippen molar-refractivity contribution in [2.24, 2.45) is 0 Å². The number of fused-ring (bicyclic) bond motifs is 1. The molecule has 7 heteroatoms. The van der Waals surface area contributed by atoms with Crippen LogP contribution in [0.1, 0.15) is 0 Å². The van der Waals surface area contributed by atoms with Gasteiger partial charge >= 0.3 is 0 Å². The van der Waals surface area contributed by atoms with Crippen LogP contribution in [0, 0.1) is 5.82 Å². The Kier molecular flexibility index (Phi) is 3.21. The normalized spacial score (nSPS) is 14.4. The van der Waals surface area contributed by atoms with Gasteiger partial charge < -0.3 is 10.5 Å². The summed E-state index contributed by atoms with van der Waals surface area (Å²) in [6, 6.07) is 10.1.